The number of fused-ring (bicyclic) bond motifs is 1. The molecule has 0 atom stereocenters. The van der Waals surface area contributed by atoms with E-state index in [1.807, 2.05) is 20.0 Å². The zero-order valence-corrected chi connectivity index (χ0v) is 12.4. The fourth-order valence-electron chi connectivity index (χ4n) is 2.03. The van der Waals surface area contributed by atoms with Crippen molar-refractivity contribution in [1.29, 1.82) is 0 Å². The van der Waals surface area contributed by atoms with Crippen molar-refractivity contribution in [1.82, 2.24) is 9.88 Å². The molecule has 2 heterocycles. The van der Waals surface area contributed by atoms with Crippen molar-refractivity contribution in [2.45, 2.75) is 26.7 Å². The van der Waals surface area contributed by atoms with E-state index in [4.69, 9.17) is 5.73 Å². The monoisotopic (exact) mass is 277 g/mol. The zero-order valence-electron chi connectivity index (χ0n) is 11.6. The topological polar surface area (TPSA) is 59.2 Å². The maximum atomic E-state index is 12.4. The highest BCUT2D eigenvalue weighted by Gasteiger charge is 2.20. The van der Waals surface area contributed by atoms with Crippen molar-refractivity contribution in [2.75, 3.05) is 19.3 Å². The first-order valence-corrected chi connectivity index (χ1v) is 7.27. The van der Waals surface area contributed by atoms with Crippen LogP contribution in [0, 0.1) is 6.92 Å². The lowest BCUT2D eigenvalue weighted by molar-refractivity contribution is 0.0799. The Morgan fingerprint density at radius 2 is 2.26 bits per heavy atom. The first kappa shape index (κ1) is 13.8. The van der Waals surface area contributed by atoms with Gasteiger partial charge in [0.1, 0.15) is 9.71 Å². The molecule has 0 aliphatic heterocycles. The Kier molecular flexibility index (Phi) is 4.04. The van der Waals surface area contributed by atoms with Crippen molar-refractivity contribution < 1.29 is 4.79 Å². The van der Waals surface area contributed by atoms with Crippen LogP contribution in [0.1, 0.15) is 35.0 Å². The van der Waals surface area contributed by atoms with Gasteiger partial charge in [0.15, 0.2) is 0 Å². The summed E-state index contributed by atoms with van der Waals surface area (Å²) in [6.07, 6.45) is 3.83. The summed E-state index contributed by atoms with van der Waals surface area (Å²) in [4.78, 5) is 19.9. The lowest BCUT2D eigenvalue weighted by atomic mass is 10.1. The highest BCUT2D eigenvalue weighted by Crippen LogP contribution is 2.34. The smallest absolute Gasteiger partial charge is 0.265 e. The molecule has 0 radical (unpaired) electrons. The fraction of sp³-hybridized carbons (Fsp3) is 0.429. The summed E-state index contributed by atoms with van der Waals surface area (Å²) in [5.74, 6) is -0.00616. The number of pyridine rings is 1. The molecule has 4 nitrogen and oxygen atoms in total. The number of anilines is 1. The number of thiophene rings is 1. The van der Waals surface area contributed by atoms with Gasteiger partial charge in [-0.15, -0.1) is 11.3 Å². The molecule has 0 saturated carbocycles. The number of rotatable bonds is 4. The standard InChI is InChI=1S/C14H19N3OS/c1-4-5-8-17(3)14(18)12-11(15)10-9(2)6-7-16-13(10)19-12/h6-7H,4-5,8,15H2,1-3H3. The Labute approximate surface area is 117 Å². The molecule has 0 saturated heterocycles. The molecule has 0 aliphatic carbocycles. The molecule has 102 valence electrons. The molecule has 1 amide bonds. The molecule has 2 N–H and O–H groups in total. The summed E-state index contributed by atoms with van der Waals surface area (Å²) in [5.41, 5.74) is 7.76. The van der Waals surface area contributed by atoms with Gasteiger partial charge in [-0.1, -0.05) is 13.3 Å². The van der Waals surface area contributed by atoms with E-state index in [-0.39, 0.29) is 5.91 Å². The number of hydrogen-bond donors (Lipinski definition) is 1. The molecule has 0 unspecified atom stereocenters. The van der Waals surface area contributed by atoms with Gasteiger partial charge in [0.05, 0.1) is 5.69 Å². The van der Waals surface area contributed by atoms with Crippen molar-refractivity contribution in [3.63, 3.8) is 0 Å². The number of aryl methyl sites for hydroxylation is 1. The van der Waals surface area contributed by atoms with Crippen molar-refractivity contribution in [3.8, 4) is 0 Å². The number of nitrogens with two attached hydrogens (primary N) is 1. The van der Waals surface area contributed by atoms with Gasteiger partial charge in [-0.05, 0) is 25.0 Å². The van der Waals surface area contributed by atoms with Gasteiger partial charge >= 0.3 is 0 Å². The summed E-state index contributed by atoms with van der Waals surface area (Å²) in [6.45, 7) is 4.86. The van der Waals surface area contributed by atoms with Crippen LogP contribution in [0.15, 0.2) is 12.3 Å². The van der Waals surface area contributed by atoms with Crippen LogP contribution in [-0.2, 0) is 0 Å². The van der Waals surface area contributed by atoms with Gasteiger partial charge in [0.25, 0.3) is 5.91 Å². The lowest BCUT2D eigenvalue weighted by Gasteiger charge is -2.15. The SMILES string of the molecule is CCCCN(C)C(=O)c1sc2nccc(C)c2c1N. The molecular formula is C14H19N3OS. The maximum absolute atomic E-state index is 12.4. The molecular weight excluding hydrogens is 258 g/mol. The van der Waals surface area contributed by atoms with E-state index in [1.165, 1.54) is 11.3 Å². The number of aromatic nitrogens is 1. The van der Waals surface area contributed by atoms with Crippen LogP contribution < -0.4 is 5.73 Å². The molecule has 5 heteroatoms. The second-order valence-corrected chi connectivity index (χ2v) is 5.73. The van der Waals surface area contributed by atoms with Crippen LogP contribution in [-0.4, -0.2) is 29.4 Å². The Bertz CT molecular complexity index is 606. The molecule has 2 rings (SSSR count). The number of carbonyl (C=O) groups excluding carboxylic acids is 1. The van der Waals surface area contributed by atoms with E-state index >= 15 is 0 Å². The Hall–Kier alpha value is -1.62. The van der Waals surface area contributed by atoms with Gasteiger partial charge in [-0.2, -0.15) is 0 Å². The van der Waals surface area contributed by atoms with Gasteiger partial charge in [-0.25, -0.2) is 4.98 Å². The summed E-state index contributed by atoms with van der Waals surface area (Å²) in [5, 5.41) is 0.916. The predicted molar refractivity (Wildman–Crippen MR) is 80.6 cm³/mol. The quantitative estimate of drug-likeness (QED) is 0.934. The summed E-state index contributed by atoms with van der Waals surface area (Å²) in [7, 11) is 1.82. The third kappa shape index (κ3) is 2.56. The number of amides is 1. The average molecular weight is 277 g/mol. The summed E-state index contributed by atoms with van der Waals surface area (Å²) < 4.78 is 0. The van der Waals surface area contributed by atoms with Crippen LogP contribution in [0.3, 0.4) is 0 Å². The molecule has 2 aromatic rings. The summed E-state index contributed by atoms with van der Waals surface area (Å²) >= 11 is 1.38. The van der Waals surface area contributed by atoms with Crippen LogP contribution in [0.2, 0.25) is 0 Å². The van der Waals surface area contributed by atoms with Gasteiger partial charge in [-0.3, -0.25) is 4.79 Å². The normalized spacial score (nSPS) is 10.9. The van der Waals surface area contributed by atoms with Crippen LogP contribution in [0.4, 0.5) is 5.69 Å². The molecule has 2 aromatic heterocycles. The van der Waals surface area contributed by atoms with Crippen LogP contribution >= 0.6 is 11.3 Å². The highest BCUT2D eigenvalue weighted by atomic mass is 32.1. The van der Waals surface area contributed by atoms with E-state index in [2.05, 4.69) is 11.9 Å². The Morgan fingerprint density at radius 3 is 2.89 bits per heavy atom. The van der Waals surface area contributed by atoms with E-state index in [9.17, 15) is 4.79 Å². The molecule has 19 heavy (non-hydrogen) atoms. The maximum Gasteiger partial charge on any atom is 0.265 e. The number of nitrogens with zero attached hydrogens (tertiary/aromatic N) is 2. The van der Waals surface area contributed by atoms with Crippen molar-refractivity contribution >= 4 is 33.1 Å². The molecule has 0 aliphatic rings. The second-order valence-electron chi connectivity index (χ2n) is 4.73. The predicted octanol–water partition coefficient (Wildman–Crippen LogP) is 3.06. The highest BCUT2D eigenvalue weighted by molar-refractivity contribution is 7.21. The van der Waals surface area contributed by atoms with Crippen LogP contribution in [0.25, 0.3) is 10.2 Å². The van der Waals surface area contributed by atoms with E-state index < -0.39 is 0 Å². The molecule has 0 spiro atoms. The van der Waals surface area contributed by atoms with E-state index in [0.29, 0.717) is 10.6 Å². The first-order chi connectivity index (χ1) is 9.06. The van der Waals surface area contributed by atoms with Gasteiger partial charge in [0, 0.05) is 25.2 Å². The number of carbonyl (C=O) groups is 1. The van der Waals surface area contributed by atoms with Gasteiger partial charge < -0.3 is 10.6 Å². The minimum absolute atomic E-state index is 0.00616. The minimum Gasteiger partial charge on any atom is -0.397 e. The van der Waals surface area contributed by atoms with E-state index in [0.717, 1.165) is 35.2 Å². The third-order valence-electron chi connectivity index (χ3n) is 3.23. The zero-order chi connectivity index (χ0) is 14.0. The van der Waals surface area contributed by atoms with E-state index in [1.54, 1.807) is 11.1 Å². The lowest BCUT2D eigenvalue weighted by Crippen LogP contribution is -2.27. The number of nitrogen functional groups attached to an aromatic ring is 1. The number of hydrogen-bond acceptors (Lipinski definition) is 4. The van der Waals surface area contributed by atoms with Crippen molar-refractivity contribution in [3.05, 3.63) is 22.7 Å². The largest absolute Gasteiger partial charge is 0.397 e. The first-order valence-electron chi connectivity index (χ1n) is 6.45. The molecule has 0 aromatic carbocycles. The Balaban J connectivity index is 2.38. The summed E-state index contributed by atoms with van der Waals surface area (Å²) in [6, 6.07) is 1.92. The second kappa shape index (κ2) is 5.57. The van der Waals surface area contributed by atoms with Gasteiger partial charge in [0.2, 0.25) is 0 Å². The third-order valence-corrected chi connectivity index (χ3v) is 4.33. The molecule has 0 bridgehead atoms. The van der Waals surface area contributed by atoms with Crippen molar-refractivity contribution in [2.24, 2.45) is 0 Å². The minimum atomic E-state index is -0.00616. The number of unbranched alkanes of at least 4 members (excludes halogenated alkanes) is 1. The molecule has 0 fully saturated rings. The average Bonchev–Trinajstić information content (AvgIpc) is 2.73. The fourth-order valence-corrected chi connectivity index (χ4v) is 3.17. The Morgan fingerprint density at radius 1 is 1.53 bits per heavy atom. The van der Waals surface area contributed by atoms with Crippen LogP contribution in [0.5, 0.6) is 0 Å².